The Bertz CT molecular complexity index is 417. The number of nitriles is 1. The third kappa shape index (κ3) is 2.20. The molecule has 16 heavy (non-hydrogen) atoms. The van der Waals surface area contributed by atoms with Crippen LogP contribution in [0.15, 0.2) is 18.3 Å². The van der Waals surface area contributed by atoms with Gasteiger partial charge in [0.1, 0.15) is 5.41 Å². The largest absolute Gasteiger partial charge is 0.260 e. The smallest absolute Gasteiger partial charge is 0.102 e. The molecular formula is C12H14IN3. The van der Waals surface area contributed by atoms with E-state index in [-0.39, 0.29) is 5.41 Å². The number of aryl methyl sites for hydroxylation is 1. The highest BCUT2D eigenvalue weighted by Gasteiger charge is 2.37. The predicted octanol–water partition coefficient (Wildman–Crippen LogP) is 2.60. The van der Waals surface area contributed by atoms with Gasteiger partial charge in [-0.15, -0.1) is 0 Å². The van der Waals surface area contributed by atoms with Gasteiger partial charge in [-0.1, -0.05) is 0 Å². The second-order valence-electron chi connectivity index (χ2n) is 4.32. The molecule has 1 aliphatic heterocycles. The van der Waals surface area contributed by atoms with E-state index >= 15 is 0 Å². The van der Waals surface area contributed by atoms with Gasteiger partial charge in [0, 0.05) is 42.2 Å². The van der Waals surface area contributed by atoms with Gasteiger partial charge in [0.2, 0.25) is 0 Å². The molecule has 0 spiro atoms. The zero-order chi connectivity index (χ0) is 11.6. The van der Waals surface area contributed by atoms with Crippen LogP contribution in [-0.2, 0) is 5.41 Å². The summed E-state index contributed by atoms with van der Waals surface area (Å²) < 4.78 is 2.24. The average Bonchev–Trinajstić information content (AvgIpc) is 2.31. The first-order valence-electron chi connectivity index (χ1n) is 5.41. The highest BCUT2D eigenvalue weighted by molar-refractivity contribution is 14.1. The van der Waals surface area contributed by atoms with Gasteiger partial charge in [-0.25, -0.2) is 3.11 Å². The minimum atomic E-state index is -0.367. The van der Waals surface area contributed by atoms with Crippen LogP contribution < -0.4 is 0 Å². The molecule has 0 aliphatic carbocycles. The first kappa shape index (κ1) is 11.8. The van der Waals surface area contributed by atoms with Crippen molar-refractivity contribution in [2.24, 2.45) is 0 Å². The third-order valence-electron chi connectivity index (χ3n) is 3.18. The minimum absolute atomic E-state index is 0.367. The average molecular weight is 327 g/mol. The van der Waals surface area contributed by atoms with E-state index in [2.05, 4.69) is 37.0 Å². The van der Waals surface area contributed by atoms with Crippen molar-refractivity contribution in [2.75, 3.05) is 13.1 Å². The molecule has 3 nitrogen and oxygen atoms in total. The van der Waals surface area contributed by atoms with Crippen LogP contribution in [0, 0.1) is 18.3 Å². The maximum absolute atomic E-state index is 9.46. The zero-order valence-electron chi connectivity index (χ0n) is 9.28. The van der Waals surface area contributed by atoms with E-state index in [1.54, 1.807) is 6.20 Å². The van der Waals surface area contributed by atoms with Gasteiger partial charge in [0.15, 0.2) is 0 Å². The lowest BCUT2D eigenvalue weighted by Crippen LogP contribution is -2.38. The van der Waals surface area contributed by atoms with Crippen LogP contribution in [0.5, 0.6) is 0 Å². The highest BCUT2D eigenvalue weighted by Crippen LogP contribution is 2.34. The van der Waals surface area contributed by atoms with E-state index in [0.717, 1.165) is 31.6 Å². The van der Waals surface area contributed by atoms with E-state index in [1.165, 1.54) is 5.56 Å². The summed E-state index contributed by atoms with van der Waals surface area (Å²) in [5.74, 6) is 0. The second kappa shape index (κ2) is 4.68. The fraction of sp³-hybridized carbons (Fsp3) is 0.500. The van der Waals surface area contributed by atoms with Crippen molar-refractivity contribution in [1.82, 2.24) is 8.10 Å². The number of hydrogen-bond donors (Lipinski definition) is 0. The van der Waals surface area contributed by atoms with Crippen molar-refractivity contribution < 1.29 is 0 Å². The molecule has 1 aliphatic rings. The Kier molecular flexibility index (Phi) is 3.45. The molecule has 0 saturated carbocycles. The molecule has 0 N–H and O–H groups in total. The Morgan fingerprint density at radius 2 is 2.19 bits per heavy atom. The number of nitrogens with zero attached hydrogens (tertiary/aromatic N) is 3. The molecule has 4 heteroatoms. The summed E-state index contributed by atoms with van der Waals surface area (Å²) >= 11 is 2.32. The van der Waals surface area contributed by atoms with Crippen LogP contribution in [0.25, 0.3) is 0 Å². The lowest BCUT2D eigenvalue weighted by molar-refractivity contribution is 0.308. The molecule has 0 bridgehead atoms. The van der Waals surface area contributed by atoms with Crippen molar-refractivity contribution in [1.29, 1.82) is 5.26 Å². The first-order chi connectivity index (χ1) is 7.66. The SMILES string of the molecule is Cc1ccnc(C2(C#N)CCN(I)CC2)c1. The molecule has 0 atom stereocenters. The highest BCUT2D eigenvalue weighted by atomic mass is 127. The topological polar surface area (TPSA) is 39.9 Å². The molecule has 2 rings (SSSR count). The Balaban J connectivity index is 2.32. The van der Waals surface area contributed by atoms with Crippen molar-refractivity contribution in [3.8, 4) is 6.07 Å². The first-order valence-corrected chi connectivity index (χ1v) is 6.38. The van der Waals surface area contributed by atoms with Crippen molar-refractivity contribution in [2.45, 2.75) is 25.2 Å². The molecule has 2 heterocycles. The summed E-state index contributed by atoms with van der Waals surface area (Å²) in [6, 6.07) is 6.51. The van der Waals surface area contributed by atoms with Crippen molar-refractivity contribution in [3.05, 3.63) is 29.6 Å². The Labute approximate surface area is 110 Å². The van der Waals surface area contributed by atoms with Crippen LogP contribution in [-0.4, -0.2) is 21.2 Å². The summed E-state index contributed by atoms with van der Waals surface area (Å²) in [7, 11) is 0. The van der Waals surface area contributed by atoms with Crippen LogP contribution in [0.2, 0.25) is 0 Å². The molecule has 1 saturated heterocycles. The van der Waals surface area contributed by atoms with Crippen LogP contribution in [0.3, 0.4) is 0 Å². The van der Waals surface area contributed by atoms with E-state index in [1.807, 2.05) is 19.1 Å². The van der Waals surface area contributed by atoms with E-state index in [4.69, 9.17) is 0 Å². The molecule has 0 unspecified atom stereocenters. The second-order valence-corrected chi connectivity index (χ2v) is 5.69. The zero-order valence-corrected chi connectivity index (χ0v) is 11.4. The summed E-state index contributed by atoms with van der Waals surface area (Å²) in [5.41, 5.74) is 1.75. The lowest BCUT2D eigenvalue weighted by Gasteiger charge is -2.33. The van der Waals surface area contributed by atoms with E-state index in [0.29, 0.717) is 0 Å². The standard InChI is InChI=1S/C12H14IN3/c1-10-2-5-15-11(8-10)12(9-14)3-6-16(13)7-4-12/h2,5,8H,3-4,6-7H2,1H3. The molecule has 0 aromatic carbocycles. The van der Waals surface area contributed by atoms with Crippen molar-refractivity contribution >= 4 is 22.9 Å². The molecule has 1 aromatic rings. The Hall–Kier alpha value is -0.670. The minimum Gasteiger partial charge on any atom is -0.260 e. The molecule has 84 valence electrons. The molecular weight excluding hydrogens is 313 g/mol. The third-order valence-corrected chi connectivity index (χ3v) is 4.15. The van der Waals surface area contributed by atoms with Gasteiger partial charge >= 0.3 is 0 Å². The normalized spacial score (nSPS) is 20.3. The number of hydrogen-bond acceptors (Lipinski definition) is 3. The number of piperidine rings is 1. The van der Waals surface area contributed by atoms with E-state index < -0.39 is 0 Å². The number of aromatic nitrogens is 1. The van der Waals surface area contributed by atoms with Crippen LogP contribution in [0.1, 0.15) is 24.1 Å². The Morgan fingerprint density at radius 3 is 2.75 bits per heavy atom. The van der Waals surface area contributed by atoms with Crippen LogP contribution in [0.4, 0.5) is 0 Å². The summed E-state index contributed by atoms with van der Waals surface area (Å²) in [6.45, 7) is 3.97. The number of pyridine rings is 1. The lowest BCUT2D eigenvalue weighted by atomic mass is 9.77. The fourth-order valence-electron chi connectivity index (χ4n) is 2.08. The quantitative estimate of drug-likeness (QED) is 0.588. The van der Waals surface area contributed by atoms with Gasteiger partial charge in [0.05, 0.1) is 11.8 Å². The van der Waals surface area contributed by atoms with Crippen LogP contribution >= 0.6 is 22.9 Å². The van der Waals surface area contributed by atoms with E-state index in [9.17, 15) is 5.26 Å². The van der Waals surface area contributed by atoms with Gasteiger partial charge < -0.3 is 0 Å². The van der Waals surface area contributed by atoms with Crippen molar-refractivity contribution in [3.63, 3.8) is 0 Å². The fourth-order valence-corrected chi connectivity index (χ4v) is 2.57. The van der Waals surface area contributed by atoms with Gasteiger partial charge in [0.25, 0.3) is 0 Å². The maximum atomic E-state index is 9.46. The molecule has 0 radical (unpaired) electrons. The summed E-state index contributed by atoms with van der Waals surface area (Å²) in [6.07, 6.45) is 3.56. The summed E-state index contributed by atoms with van der Waals surface area (Å²) in [4.78, 5) is 4.39. The van der Waals surface area contributed by atoms with Gasteiger partial charge in [-0.3, -0.25) is 4.98 Å². The molecule has 1 fully saturated rings. The monoisotopic (exact) mass is 327 g/mol. The van der Waals surface area contributed by atoms with Gasteiger partial charge in [-0.05, 0) is 37.5 Å². The summed E-state index contributed by atoms with van der Waals surface area (Å²) in [5, 5.41) is 9.46. The predicted molar refractivity (Wildman–Crippen MR) is 71.1 cm³/mol. The number of rotatable bonds is 1. The maximum Gasteiger partial charge on any atom is 0.102 e. The number of halogens is 1. The molecule has 1 aromatic heterocycles. The molecule has 0 amide bonds. The van der Waals surface area contributed by atoms with Gasteiger partial charge in [-0.2, -0.15) is 5.26 Å². The Morgan fingerprint density at radius 1 is 1.50 bits per heavy atom.